The number of hydrogen-bond donors (Lipinski definition) is 1. The van der Waals surface area contributed by atoms with Crippen molar-refractivity contribution in [2.75, 3.05) is 19.6 Å². The topological polar surface area (TPSA) is 76.5 Å². The zero-order chi connectivity index (χ0) is 17.4. The minimum atomic E-state index is -0.117. The van der Waals surface area contributed by atoms with E-state index in [1.807, 2.05) is 13.0 Å². The van der Waals surface area contributed by atoms with Crippen LogP contribution in [0.25, 0.3) is 4.96 Å². The minimum absolute atomic E-state index is 0. The molecule has 8 heteroatoms. The first-order valence-electron chi connectivity index (χ1n) is 8.48. The van der Waals surface area contributed by atoms with Crippen molar-refractivity contribution in [1.82, 2.24) is 19.5 Å². The largest absolute Gasteiger partial charge is 0.330 e. The third kappa shape index (κ3) is 3.66. The smallest absolute Gasteiger partial charge is 0.275 e. The molecule has 0 bridgehead atoms. The van der Waals surface area contributed by atoms with E-state index in [9.17, 15) is 4.79 Å². The van der Waals surface area contributed by atoms with E-state index in [4.69, 9.17) is 5.73 Å². The number of likely N-dealkylation sites (tertiary alicyclic amines) is 1. The van der Waals surface area contributed by atoms with Crippen LogP contribution in [0, 0.1) is 12.8 Å². The van der Waals surface area contributed by atoms with Gasteiger partial charge in [0.25, 0.3) is 5.56 Å². The first-order chi connectivity index (χ1) is 12.1. The van der Waals surface area contributed by atoms with Gasteiger partial charge in [-0.25, -0.2) is 4.98 Å². The van der Waals surface area contributed by atoms with E-state index in [1.165, 1.54) is 27.5 Å². The van der Waals surface area contributed by atoms with Crippen LogP contribution in [0.4, 0.5) is 0 Å². The molecule has 3 heterocycles. The fraction of sp³-hybridized carbons (Fsp3) is 0.389. The molecule has 0 spiro atoms. The molecule has 0 aliphatic carbocycles. The number of nitrogens with two attached hydrogens (primary N) is 1. The molecule has 4 rings (SSSR count). The first-order valence-corrected chi connectivity index (χ1v) is 9.29. The monoisotopic (exact) mass is 391 g/mol. The van der Waals surface area contributed by atoms with Crippen LogP contribution in [0.15, 0.2) is 41.2 Å². The Morgan fingerprint density at radius 2 is 2.04 bits per heavy atom. The molecular formula is C18H22ClN5OS. The average Bonchev–Trinajstić information content (AvgIpc) is 3.19. The maximum atomic E-state index is 12.0. The molecular weight excluding hydrogens is 370 g/mol. The van der Waals surface area contributed by atoms with E-state index in [0.29, 0.717) is 23.3 Å². The molecule has 0 amide bonds. The van der Waals surface area contributed by atoms with Crippen LogP contribution in [0.3, 0.4) is 0 Å². The Hall–Kier alpha value is -1.80. The van der Waals surface area contributed by atoms with E-state index >= 15 is 0 Å². The predicted molar refractivity (Wildman–Crippen MR) is 106 cm³/mol. The normalized spacial score (nSPS) is 20.4. The van der Waals surface area contributed by atoms with E-state index < -0.39 is 0 Å². The van der Waals surface area contributed by atoms with Crippen LogP contribution >= 0.6 is 23.7 Å². The van der Waals surface area contributed by atoms with Gasteiger partial charge in [-0.2, -0.15) is 9.61 Å². The molecule has 1 fully saturated rings. The Bertz CT molecular complexity index is 942. The van der Waals surface area contributed by atoms with E-state index in [-0.39, 0.29) is 18.0 Å². The summed E-state index contributed by atoms with van der Waals surface area (Å²) in [5, 5.41) is 5.37. The van der Waals surface area contributed by atoms with Crippen molar-refractivity contribution in [2.24, 2.45) is 11.7 Å². The maximum Gasteiger partial charge on any atom is 0.275 e. The number of fused-ring (bicyclic) bond motifs is 1. The molecule has 0 saturated carbocycles. The Balaban J connectivity index is 0.00000196. The van der Waals surface area contributed by atoms with Crippen molar-refractivity contribution in [1.29, 1.82) is 0 Å². The van der Waals surface area contributed by atoms with Crippen molar-refractivity contribution in [2.45, 2.75) is 19.4 Å². The third-order valence-electron chi connectivity index (χ3n) is 4.82. The van der Waals surface area contributed by atoms with Gasteiger partial charge in [0.1, 0.15) is 5.01 Å². The molecule has 2 N–H and O–H groups in total. The average molecular weight is 392 g/mol. The zero-order valence-electron chi connectivity index (χ0n) is 14.5. The van der Waals surface area contributed by atoms with Gasteiger partial charge in [-0.3, -0.25) is 9.69 Å². The van der Waals surface area contributed by atoms with Gasteiger partial charge in [0.15, 0.2) is 0 Å². The lowest BCUT2D eigenvalue weighted by molar-refractivity contribution is 0.315. The van der Waals surface area contributed by atoms with Crippen LogP contribution < -0.4 is 11.3 Å². The van der Waals surface area contributed by atoms with Crippen molar-refractivity contribution >= 4 is 28.7 Å². The fourth-order valence-corrected chi connectivity index (χ4v) is 4.61. The molecule has 0 unspecified atom stereocenters. The molecule has 138 valence electrons. The molecule has 0 radical (unpaired) electrons. The van der Waals surface area contributed by atoms with Gasteiger partial charge in [-0.15, -0.1) is 12.4 Å². The summed E-state index contributed by atoms with van der Waals surface area (Å²) in [6.45, 7) is 5.15. The lowest BCUT2D eigenvalue weighted by atomic mass is 9.89. The fourth-order valence-electron chi connectivity index (χ4n) is 3.62. The van der Waals surface area contributed by atoms with E-state index in [0.717, 1.165) is 30.3 Å². The van der Waals surface area contributed by atoms with Gasteiger partial charge >= 0.3 is 0 Å². The van der Waals surface area contributed by atoms with Crippen LogP contribution in [-0.2, 0) is 6.54 Å². The molecule has 2 atom stereocenters. The third-order valence-corrected chi connectivity index (χ3v) is 5.71. The van der Waals surface area contributed by atoms with Crippen molar-refractivity contribution in [3.63, 3.8) is 0 Å². The Labute approximate surface area is 162 Å². The Kier molecular flexibility index (Phi) is 5.72. The summed E-state index contributed by atoms with van der Waals surface area (Å²) in [5.41, 5.74) is 7.98. The maximum absolute atomic E-state index is 12.0. The van der Waals surface area contributed by atoms with Crippen LogP contribution in [0.5, 0.6) is 0 Å². The molecule has 1 aliphatic rings. The SMILES string of the molecule is Cc1cc(=O)n2nc(CN3C[C@@H](CN)[C@H](c4ccccc4)C3)sc2n1.Cl. The van der Waals surface area contributed by atoms with E-state index in [2.05, 4.69) is 39.2 Å². The molecule has 2 aromatic heterocycles. The number of hydrogen-bond acceptors (Lipinski definition) is 6. The molecule has 1 aromatic carbocycles. The first kappa shape index (κ1) is 19.0. The second kappa shape index (κ2) is 7.84. The number of benzene rings is 1. The van der Waals surface area contributed by atoms with Crippen LogP contribution in [-0.4, -0.2) is 39.1 Å². The van der Waals surface area contributed by atoms with Gasteiger partial charge in [0, 0.05) is 30.8 Å². The summed E-state index contributed by atoms with van der Waals surface area (Å²) in [6, 6.07) is 12.1. The van der Waals surface area contributed by atoms with Crippen molar-refractivity contribution in [3.8, 4) is 0 Å². The second-order valence-corrected chi connectivity index (χ2v) is 7.67. The summed E-state index contributed by atoms with van der Waals surface area (Å²) in [4.78, 5) is 19.5. The number of nitrogens with zero attached hydrogens (tertiary/aromatic N) is 4. The summed E-state index contributed by atoms with van der Waals surface area (Å²) in [5.74, 6) is 0.892. The molecule has 6 nitrogen and oxygen atoms in total. The second-order valence-electron chi connectivity index (χ2n) is 6.63. The molecule has 26 heavy (non-hydrogen) atoms. The summed E-state index contributed by atoms with van der Waals surface area (Å²) in [7, 11) is 0. The molecule has 1 saturated heterocycles. The number of aromatic nitrogens is 3. The van der Waals surface area contributed by atoms with Crippen LogP contribution in [0.1, 0.15) is 22.2 Å². The standard InChI is InChI=1S/C18H21N5OS.ClH/c1-12-7-17(24)23-18(20-12)25-16(21-23)11-22-9-14(8-19)15(10-22)13-5-3-2-4-6-13;/h2-7,14-15H,8-11,19H2,1H3;1H/t14-,15+;/m1./s1. The highest BCUT2D eigenvalue weighted by Crippen LogP contribution is 2.33. The summed E-state index contributed by atoms with van der Waals surface area (Å²) < 4.78 is 1.40. The zero-order valence-corrected chi connectivity index (χ0v) is 16.2. The quantitative estimate of drug-likeness (QED) is 0.736. The lowest BCUT2D eigenvalue weighted by Crippen LogP contribution is -2.23. The van der Waals surface area contributed by atoms with Crippen LogP contribution in [0.2, 0.25) is 0 Å². The highest BCUT2D eigenvalue weighted by atomic mass is 35.5. The highest BCUT2D eigenvalue weighted by molar-refractivity contribution is 7.16. The Morgan fingerprint density at radius 1 is 1.27 bits per heavy atom. The number of aryl methyl sites for hydroxylation is 1. The minimum Gasteiger partial charge on any atom is -0.330 e. The van der Waals surface area contributed by atoms with Gasteiger partial charge in [-0.05, 0) is 24.9 Å². The summed E-state index contributed by atoms with van der Waals surface area (Å²) in [6.07, 6.45) is 0. The number of rotatable bonds is 4. The highest BCUT2D eigenvalue weighted by Gasteiger charge is 2.33. The summed E-state index contributed by atoms with van der Waals surface area (Å²) >= 11 is 1.49. The Morgan fingerprint density at radius 3 is 2.77 bits per heavy atom. The predicted octanol–water partition coefficient (Wildman–Crippen LogP) is 2.06. The number of halogens is 1. The molecule has 3 aromatic rings. The van der Waals surface area contributed by atoms with Crippen molar-refractivity contribution in [3.05, 3.63) is 63.0 Å². The van der Waals surface area contributed by atoms with E-state index in [1.54, 1.807) is 0 Å². The van der Waals surface area contributed by atoms with Gasteiger partial charge in [-0.1, -0.05) is 41.7 Å². The lowest BCUT2D eigenvalue weighted by Gasteiger charge is -2.16. The van der Waals surface area contributed by atoms with Gasteiger partial charge in [0.05, 0.1) is 6.54 Å². The molecule has 1 aliphatic heterocycles. The van der Waals surface area contributed by atoms with Crippen molar-refractivity contribution < 1.29 is 0 Å². The van der Waals surface area contributed by atoms with Gasteiger partial charge < -0.3 is 5.73 Å². The van der Waals surface area contributed by atoms with Gasteiger partial charge in [0.2, 0.25) is 4.96 Å².